The zero-order valence-electron chi connectivity index (χ0n) is 97.0. The Bertz CT molecular complexity index is 9960. The van der Waals surface area contributed by atoms with E-state index in [4.69, 9.17) is 44.5 Å². The molecule has 2 nitrogen and oxygen atoms in total. The SMILES string of the molecule is [2H]c1c([2H])c([2H])c2c([2H])c(-c3c4c([2H])c([2H])c([2H])c([2H])c4c(-c4ccc5c(-c6cccc7c6oc6ccc8ccccc8c67)cccc5c4)c4c([2H])c([2H])c([2H])c([2H])c34)c([2H])c([2H])c2c1[2H].[2H]c1c([2H])c([2H])c2c(oc3c([2H])c([2H])c4c([2H])c([2H])c([2H])c([2H])c4c32)c1-c1c([2H])c(-c2c3c([2H])c([2H])c([2H])c([2H])c3c(-c3c([2H])c([2H])c4c([2H])c([2H])c([2H])c([2H])c4c3[2H])c3c([2H])c([2H])c([2H])c([2H])c23)c([2H])c2c([2H])c([2H])c([2H])c([2H])c12. The van der Waals surface area contributed by atoms with Gasteiger partial charge in [-0.3, -0.25) is 0 Å². The van der Waals surface area contributed by atoms with Gasteiger partial charge in [-0.25, -0.2) is 0 Å². The summed E-state index contributed by atoms with van der Waals surface area (Å²) in [5.74, 6) is 0. The van der Waals surface area contributed by atoms with Crippen molar-refractivity contribution in [2.45, 2.75) is 0 Å². The van der Waals surface area contributed by atoms with Crippen LogP contribution >= 0.6 is 0 Å². The van der Waals surface area contributed by atoms with Gasteiger partial charge in [0, 0.05) is 32.7 Å². The fourth-order valence-corrected chi connectivity index (χ4v) is 14.0. The number of fused-ring (bicyclic) bond motifs is 18. The van der Waals surface area contributed by atoms with Crippen molar-refractivity contribution in [3.8, 4) is 66.8 Å². The van der Waals surface area contributed by atoms with Gasteiger partial charge in [0.15, 0.2) is 0 Å². The van der Waals surface area contributed by atoms with Crippen LogP contribution in [0.3, 0.4) is 0 Å². The second-order valence-corrected chi connectivity index (χ2v) is 23.7. The summed E-state index contributed by atoms with van der Waals surface area (Å²) in [4.78, 5) is 0. The van der Waals surface area contributed by atoms with Gasteiger partial charge in [-0.1, -0.05) is 321 Å². The number of hydrogen-bond donors (Lipinski definition) is 0. The lowest BCUT2D eigenvalue weighted by Crippen LogP contribution is -1.92. The Morgan fingerprint density at radius 1 is 0.196 bits per heavy atom. The molecule has 22 aromatic rings. The Balaban J connectivity index is 0.000000176. The van der Waals surface area contributed by atoms with Crippen LogP contribution in [0.2, 0.25) is 0 Å². The molecular weight excluding hydrogens is 1230 g/mol. The van der Waals surface area contributed by atoms with E-state index in [2.05, 4.69) is 12.1 Å². The lowest BCUT2D eigenvalue weighted by molar-refractivity contribution is 0.670. The summed E-state index contributed by atoms with van der Waals surface area (Å²) in [5, 5.41) is -4.32. The monoisotopic (exact) mass is 1340 g/mol. The average Bonchev–Trinajstić information content (AvgIpc) is 1.21. The van der Waals surface area contributed by atoms with Crippen molar-refractivity contribution >= 4 is 152 Å². The van der Waals surface area contributed by atoms with E-state index in [0.717, 1.165) is 43.6 Å². The van der Waals surface area contributed by atoms with Gasteiger partial charge in [0.2, 0.25) is 0 Å². The number of para-hydroxylation sites is 2. The van der Waals surface area contributed by atoms with Crippen molar-refractivity contribution in [1.82, 2.24) is 0 Å². The molecule has 2 heterocycles. The molecule has 102 heavy (non-hydrogen) atoms. The average molecular weight is 1340 g/mol. The highest BCUT2D eigenvalue weighted by atomic mass is 16.3. The van der Waals surface area contributed by atoms with Crippen molar-refractivity contribution in [3.63, 3.8) is 0 Å². The van der Waals surface area contributed by atoms with Crippen LogP contribution < -0.4 is 0 Å². The Morgan fingerprint density at radius 3 is 1.28 bits per heavy atom. The predicted molar refractivity (Wildman–Crippen MR) is 435 cm³/mol. The Hall–Kier alpha value is -13.4. The van der Waals surface area contributed by atoms with Crippen LogP contribution in [0.15, 0.2) is 372 Å². The quantitative estimate of drug-likeness (QED) is 0.155. The molecule has 0 atom stereocenters. The molecule has 2 heteroatoms. The molecule has 0 aliphatic carbocycles. The molecule has 0 aliphatic rings. The molecule has 0 unspecified atom stereocenters. The molecule has 0 saturated heterocycles. The van der Waals surface area contributed by atoms with E-state index in [1.165, 1.54) is 0 Å². The van der Waals surface area contributed by atoms with E-state index >= 15 is 0 Å². The minimum atomic E-state index is -1.13. The topological polar surface area (TPSA) is 26.3 Å². The molecule has 0 amide bonds. The largest absolute Gasteiger partial charge is 0.455 e. The fraction of sp³-hybridized carbons (Fsp3) is 0. The Morgan fingerprint density at radius 2 is 0.647 bits per heavy atom. The predicted octanol–water partition coefficient (Wildman–Crippen LogP) is 28.7. The van der Waals surface area contributed by atoms with E-state index in [9.17, 15) is 26.0 Å². The lowest BCUT2D eigenvalue weighted by atomic mass is 9.84. The van der Waals surface area contributed by atoms with Crippen LogP contribution in [-0.2, 0) is 0 Å². The first-order valence-electron chi connectivity index (χ1n) is 54.0. The van der Waals surface area contributed by atoms with Gasteiger partial charge in [0.1, 0.15) is 22.3 Å². The fourth-order valence-electron chi connectivity index (χ4n) is 14.0. The third-order valence-electron chi connectivity index (χ3n) is 18.3. The maximum atomic E-state index is 10.4. The molecule has 0 radical (unpaired) electrons. The van der Waals surface area contributed by atoms with E-state index in [1.54, 1.807) is 12.1 Å². The van der Waals surface area contributed by atoms with Gasteiger partial charge in [-0.05, 0) is 206 Å². The second kappa shape index (κ2) is 23.1. The van der Waals surface area contributed by atoms with E-state index in [-0.39, 0.29) is 32.7 Å². The summed E-state index contributed by atoms with van der Waals surface area (Å²) < 4.78 is 421. The molecule has 0 aliphatic heterocycles. The van der Waals surface area contributed by atoms with Crippen LogP contribution in [0.1, 0.15) is 61.7 Å². The standard InChI is InChI=1S/2C50H30O/c1-2-14-33-28-35(25-24-31(33)12-1)47-39-18-7-9-20-41(39)48(42-21-10-8-19-40(42)47)36-29-34-15-4-5-16-37(34)45(30-36)43-22-11-23-44-49-38-17-6-3-13-32(38)26-27-46(49)51-50(43)44;1-2-13-33-29-35(24-23-31(33)11-1)47-40-16-5-7-18-42(40)48(43-19-8-6-17-41(43)47)36-25-27-37-34(30-36)14-9-20-39(37)44-21-10-22-45-49-38-15-4-3-12-32(38)26-28-46(49)51-50(44)45/h2*1-30H/i1D,2D,3D,4D,5D,6D,7D,8D,9D,10D,11D,12D,13D,14D,15D,16D,17D,18D,19D,20D,21D,22D,23D,24D,25D,26D,27D,28D,29D,30D;1D,2D,5D,6D,7D,8D,11D,13D,16D,17D,18D,19D,23D,24D,29D. The van der Waals surface area contributed by atoms with Crippen molar-refractivity contribution in [3.05, 3.63) is 363 Å². The third-order valence-corrected chi connectivity index (χ3v) is 18.3. The van der Waals surface area contributed by atoms with Crippen LogP contribution in [0.25, 0.3) is 218 Å². The van der Waals surface area contributed by atoms with Crippen LogP contribution in [0.4, 0.5) is 0 Å². The van der Waals surface area contributed by atoms with Crippen molar-refractivity contribution in [2.75, 3.05) is 0 Å². The summed E-state index contributed by atoms with van der Waals surface area (Å²) in [6, 6.07) is -9.53. The normalized spacial score (nSPS) is 18.1. The molecule has 0 saturated carbocycles. The number of rotatable bonds is 6. The van der Waals surface area contributed by atoms with Crippen LogP contribution in [0, 0.1) is 0 Å². The number of furan rings is 2. The van der Waals surface area contributed by atoms with Crippen molar-refractivity contribution in [1.29, 1.82) is 0 Å². The first-order valence-corrected chi connectivity index (χ1v) is 31.5. The molecular formula is C100H60O2. The molecule has 22 rings (SSSR count). The second-order valence-electron chi connectivity index (χ2n) is 23.7. The first kappa shape index (κ1) is 28.8. The maximum Gasteiger partial charge on any atom is 0.143 e. The van der Waals surface area contributed by atoms with E-state index in [0.29, 0.717) is 16.5 Å². The van der Waals surface area contributed by atoms with Gasteiger partial charge in [0.25, 0.3) is 0 Å². The summed E-state index contributed by atoms with van der Waals surface area (Å²) in [6.07, 6.45) is 0. The van der Waals surface area contributed by atoms with E-state index in [1.807, 2.05) is 66.7 Å². The highest BCUT2D eigenvalue weighted by Crippen LogP contribution is 2.50. The van der Waals surface area contributed by atoms with Gasteiger partial charge in [-0.15, -0.1) is 0 Å². The Kier molecular flexibility index (Phi) is 6.53. The van der Waals surface area contributed by atoms with Crippen molar-refractivity contribution < 1.29 is 70.5 Å². The zero-order chi connectivity index (χ0) is 106. The van der Waals surface area contributed by atoms with E-state index < -0.39 is 397 Å². The highest BCUT2D eigenvalue weighted by Gasteiger charge is 2.24. The van der Waals surface area contributed by atoms with Gasteiger partial charge < -0.3 is 8.83 Å². The van der Waals surface area contributed by atoms with Gasteiger partial charge in [0.05, 0.1) is 61.7 Å². The van der Waals surface area contributed by atoms with Crippen LogP contribution in [-0.4, -0.2) is 0 Å². The molecule has 0 fully saturated rings. The Labute approximate surface area is 650 Å². The third kappa shape index (κ3) is 9.06. The molecule has 0 N–H and O–H groups in total. The minimum Gasteiger partial charge on any atom is -0.455 e. The molecule has 472 valence electrons. The zero-order valence-corrected chi connectivity index (χ0v) is 52.0. The summed E-state index contributed by atoms with van der Waals surface area (Å²) in [7, 11) is 0. The smallest absolute Gasteiger partial charge is 0.143 e. The van der Waals surface area contributed by atoms with Crippen LogP contribution in [0.5, 0.6) is 0 Å². The molecule has 20 aromatic carbocycles. The molecule has 0 bridgehead atoms. The first-order chi connectivity index (χ1) is 69.3. The van der Waals surface area contributed by atoms with Gasteiger partial charge in [-0.2, -0.15) is 0 Å². The molecule has 0 spiro atoms. The summed E-state index contributed by atoms with van der Waals surface area (Å²) in [5.41, 5.74) is -3.81. The number of benzene rings is 20. The molecule has 2 aromatic heterocycles. The maximum absolute atomic E-state index is 10.4. The summed E-state index contributed by atoms with van der Waals surface area (Å²) >= 11 is 0. The van der Waals surface area contributed by atoms with Crippen molar-refractivity contribution in [2.24, 2.45) is 0 Å². The minimum absolute atomic E-state index is 0.0354. The lowest BCUT2D eigenvalue weighted by Gasteiger charge is -2.19. The summed E-state index contributed by atoms with van der Waals surface area (Å²) in [6.45, 7) is 0. The van der Waals surface area contributed by atoms with Gasteiger partial charge >= 0.3 is 0 Å². The number of hydrogen-bond acceptors (Lipinski definition) is 2. The highest BCUT2D eigenvalue weighted by molar-refractivity contribution is 6.27.